The number of hydrogen-bond acceptors (Lipinski definition) is 4. The zero-order chi connectivity index (χ0) is 14.6. The number of aromatic nitrogens is 2. The maximum Gasteiger partial charge on any atom is 0.108 e. The Morgan fingerprint density at radius 1 is 1.45 bits per heavy atom. The average Bonchev–Trinajstić information content (AvgIpc) is 2.90. The summed E-state index contributed by atoms with van der Waals surface area (Å²) in [5, 5.41) is 10.7. The van der Waals surface area contributed by atoms with E-state index in [0.717, 1.165) is 51.4 Å². The number of aliphatic hydroxyl groups excluding tert-OH is 1. The Morgan fingerprint density at radius 2 is 2.15 bits per heavy atom. The number of nitrogens with zero attached hydrogens (tertiary/aromatic N) is 3. The molecule has 0 aliphatic carbocycles. The Balaban J connectivity index is 1.96. The van der Waals surface area contributed by atoms with E-state index in [1.165, 1.54) is 0 Å². The molecule has 1 fully saturated rings. The van der Waals surface area contributed by atoms with Crippen molar-refractivity contribution in [2.75, 3.05) is 26.3 Å². The second-order valence-electron chi connectivity index (χ2n) is 5.82. The summed E-state index contributed by atoms with van der Waals surface area (Å²) in [7, 11) is 2.00. The van der Waals surface area contributed by atoms with Crippen molar-refractivity contribution < 1.29 is 9.84 Å². The Labute approximate surface area is 121 Å². The first-order valence-corrected chi connectivity index (χ1v) is 7.55. The lowest BCUT2D eigenvalue weighted by molar-refractivity contribution is -0.0739. The van der Waals surface area contributed by atoms with Gasteiger partial charge in [0.1, 0.15) is 5.82 Å². The fourth-order valence-corrected chi connectivity index (χ4v) is 2.96. The van der Waals surface area contributed by atoms with Gasteiger partial charge in [-0.3, -0.25) is 4.90 Å². The minimum atomic E-state index is -0.345. The molecule has 1 aromatic rings. The molecular formula is C15H27N3O2. The van der Waals surface area contributed by atoms with Gasteiger partial charge in [-0.25, -0.2) is 4.98 Å². The van der Waals surface area contributed by atoms with Crippen LogP contribution in [-0.4, -0.2) is 57.5 Å². The molecule has 2 atom stereocenters. The van der Waals surface area contributed by atoms with Crippen LogP contribution in [-0.2, 0) is 18.2 Å². The molecular weight excluding hydrogens is 254 g/mol. The van der Waals surface area contributed by atoms with E-state index in [1.54, 1.807) is 0 Å². The van der Waals surface area contributed by atoms with Crippen molar-refractivity contribution in [2.24, 2.45) is 7.05 Å². The Hall–Kier alpha value is -0.910. The van der Waals surface area contributed by atoms with Gasteiger partial charge in [0.2, 0.25) is 0 Å². The van der Waals surface area contributed by atoms with Gasteiger partial charge in [0.25, 0.3) is 0 Å². The lowest BCUT2D eigenvalue weighted by atomic mass is 9.86. The van der Waals surface area contributed by atoms with Crippen LogP contribution in [0.5, 0.6) is 0 Å². The van der Waals surface area contributed by atoms with E-state index in [1.807, 2.05) is 24.0 Å². The monoisotopic (exact) mass is 281 g/mol. The third-order valence-electron chi connectivity index (χ3n) is 4.73. The lowest BCUT2D eigenvalue weighted by Crippen LogP contribution is -2.57. The standard InChI is InChI=1S/C15H27N3O2/c1-4-15(2,18-9-11-20-12-10-18)13(19)5-6-14-16-7-8-17(14)3/h7-8,13,19H,4-6,9-12H2,1-3H3. The molecule has 114 valence electrons. The van der Waals surface area contributed by atoms with Crippen LogP contribution >= 0.6 is 0 Å². The average molecular weight is 281 g/mol. The highest BCUT2D eigenvalue weighted by Gasteiger charge is 2.37. The van der Waals surface area contributed by atoms with Gasteiger partial charge in [0.05, 0.1) is 19.3 Å². The molecule has 1 aliphatic heterocycles. The van der Waals surface area contributed by atoms with Crippen molar-refractivity contribution in [1.82, 2.24) is 14.5 Å². The summed E-state index contributed by atoms with van der Waals surface area (Å²) in [5.41, 5.74) is -0.172. The van der Waals surface area contributed by atoms with Gasteiger partial charge in [-0.05, 0) is 19.8 Å². The van der Waals surface area contributed by atoms with E-state index < -0.39 is 0 Å². The zero-order valence-corrected chi connectivity index (χ0v) is 12.9. The predicted molar refractivity (Wildman–Crippen MR) is 78.6 cm³/mol. The summed E-state index contributed by atoms with van der Waals surface area (Å²) in [4.78, 5) is 6.70. The van der Waals surface area contributed by atoms with Gasteiger partial charge in [0, 0.05) is 44.5 Å². The topological polar surface area (TPSA) is 50.5 Å². The van der Waals surface area contributed by atoms with Crippen molar-refractivity contribution in [3.8, 4) is 0 Å². The molecule has 1 N–H and O–H groups in total. The molecule has 0 radical (unpaired) electrons. The minimum Gasteiger partial charge on any atom is -0.391 e. The van der Waals surface area contributed by atoms with E-state index in [4.69, 9.17) is 4.74 Å². The van der Waals surface area contributed by atoms with Crippen LogP contribution in [0, 0.1) is 0 Å². The normalized spacial score (nSPS) is 21.6. The van der Waals surface area contributed by atoms with Crippen molar-refractivity contribution >= 4 is 0 Å². The lowest BCUT2D eigenvalue weighted by Gasteiger charge is -2.46. The molecule has 1 saturated heterocycles. The fraction of sp³-hybridized carbons (Fsp3) is 0.800. The number of imidazole rings is 1. The fourth-order valence-electron chi connectivity index (χ4n) is 2.96. The van der Waals surface area contributed by atoms with Gasteiger partial charge in [-0.2, -0.15) is 0 Å². The predicted octanol–water partition coefficient (Wildman–Crippen LogP) is 1.21. The molecule has 0 bridgehead atoms. The molecule has 20 heavy (non-hydrogen) atoms. The number of rotatable bonds is 6. The van der Waals surface area contributed by atoms with Crippen molar-refractivity contribution in [2.45, 2.75) is 44.8 Å². The van der Waals surface area contributed by atoms with Gasteiger partial charge in [-0.15, -0.1) is 0 Å². The number of morpholine rings is 1. The van der Waals surface area contributed by atoms with Crippen LogP contribution in [0.15, 0.2) is 12.4 Å². The Kier molecular flexibility index (Phi) is 5.18. The molecule has 2 rings (SSSR count). The SMILES string of the molecule is CCC(C)(C(O)CCc1nccn1C)N1CCOCC1. The van der Waals surface area contributed by atoms with Gasteiger partial charge < -0.3 is 14.4 Å². The largest absolute Gasteiger partial charge is 0.391 e. The highest BCUT2D eigenvalue weighted by atomic mass is 16.5. The number of hydrogen-bond donors (Lipinski definition) is 1. The summed E-state index contributed by atoms with van der Waals surface area (Å²) in [5.74, 6) is 1.03. The van der Waals surface area contributed by atoms with Crippen LogP contribution in [0.4, 0.5) is 0 Å². The van der Waals surface area contributed by atoms with Crippen molar-refractivity contribution in [1.29, 1.82) is 0 Å². The van der Waals surface area contributed by atoms with Gasteiger partial charge in [-0.1, -0.05) is 6.92 Å². The second kappa shape index (κ2) is 6.70. The molecule has 2 heterocycles. The summed E-state index contributed by atoms with van der Waals surface area (Å²) < 4.78 is 7.44. The summed E-state index contributed by atoms with van der Waals surface area (Å²) in [6, 6.07) is 0. The van der Waals surface area contributed by atoms with Crippen molar-refractivity contribution in [3.05, 3.63) is 18.2 Å². The third-order valence-corrected chi connectivity index (χ3v) is 4.73. The maximum atomic E-state index is 10.7. The first-order valence-electron chi connectivity index (χ1n) is 7.55. The number of ether oxygens (including phenoxy) is 1. The molecule has 0 aromatic carbocycles. The molecule has 1 aromatic heterocycles. The molecule has 1 aliphatic rings. The van der Waals surface area contributed by atoms with Gasteiger partial charge in [0.15, 0.2) is 0 Å². The molecule has 0 spiro atoms. The Morgan fingerprint density at radius 3 is 2.70 bits per heavy atom. The molecule has 5 heteroatoms. The highest BCUT2D eigenvalue weighted by molar-refractivity contribution is 4.97. The number of aliphatic hydroxyl groups is 1. The zero-order valence-electron chi connectivity index (χ0n) is 12.9. The van der Waals surface area contributed by atoms with E-state index in [0.29, 0.717) is 0 Å². The first kappa shape index (κ1) is 15.5. The molecule has 0 saturated carbocycles. The molecule has 0 amide bonds. The second-order valence-corrected chi connectivity index (χ2v) is 5.82. The molecule has 2 unspecified atom stereocenters. The summed E-state index contributed by atoms with van der Waals surface area (Å²) >= 11 is 0. The van der Waals surface area contributed by atoms with Crippen LogP contribution in [0.2, 0.25) is 0 Å². The van der Waals surface area contributed by atoms with Crippen LogP contribution in [0.3, 0.4) is 0 Å². The van der Waals surface area contributed by atoms with Gasteiger partial charge >= 0.3 is 0 Å². The van der Waals surface area contributed by atoms with Crippen molar-refractivity contribution in [3.63, 3.8) is 0 Å². The minimum absolute atomic E-state index is 0.172. The quantitative estimate of drug-likeness (QED) is 0.851. The number of aryl methyl sites for hydroxylation is 2. The van der Waals surface area contributed by atoms with E-state index in [2.05, 4.69) is 23.7 Å². The van der Waals surface area contributed by atoms with E-state index >= 15 is 0 Å². The molecule has 5 nitrogen and oxygen atoms in total. The smallest absolute Gasteiger partial charge is 0.108 e. The van der Waals surface area contributed by atoms with E-state index in [9.17, 15) is 5.11 Å². The summed E-state index contributed by atoms with van der Waals surface area (Å²) in [6.45, 7) is 7.66. The maximum absolute atomic E-state index is 10.7. The van der Waals surface area contributed by atoms with Crippen LogP contribution < -0.4 is 0 Å². The van der Waals surface area contributed by atoms with Crippen LogP contribution in [0.1, 0.15) is 32.5 Å². The first-order chi connectivity index (χ1) is 9.58. The Bertz CT molecular complexity index is 415. The van der Waals surface area contributed by atoms with E-state index in [-0.39, 0.29) is 11.6 Å². The third kappa shape index (κ3) is 3.22. The highest BCUT2D eigenvalue weighted by Crippen LogP contribution is 2.27. The summed E-state index contributed by atoms with van der Waals surface area (Å²) in [6.07, 6.45) is 5.90. The van der Waals surface area contributed by atoms with Crippen LogP contribution in [0.25, 0.3) is 0 Å².